The molecule has 19 heavy (non-hydrogen) atoms. The van der Waals surface area contributed by atoms with E-state index in [9.17, 15) is 4.79 Å². The van der Waals surface area contributed by atoms with Crippen LogP contribution in [0.4, 0.5) is 5.82 Å². The number of carbonyl (C=O) groups excluding carboxylic acids is 1. The van der Waals surface area contributed by atoms with Crippen molar-refractivity contribution in [3.05, 3.63) is 22.8 Å². The topological polar surface area (TPSA) is 71.2 Å². The second kappa shape index (κ2) is 6.98. The third-order valence-electron chi connectivity index (χ3n) is 2.66. The highest BCUT2D eigenvalue weighted by Crippen LogP contribution is 2.14. The number of nitrogens with zero attached hydrogens (tertiary/aromatic N) is 2. The number of hydrogen-bond donors (Lipinski definition) is 2. The number of amides is 1. The van der Waals surface area contributed by atoms with Gasteiger partial charge >= 0.3 is 0 Å². The minimum atomic E-state index is -0.0786. The Bertz CT molecular complexity index is 419. The van der Waals surface area contributed by atoms with Crippen LogP contribution in [-0.4, -0.2) is 42.5 Å². The summed E-state index contributed by atoms with van der Waals surface area (Å²) in [7, 11) is 1.91. The van der Waals surface area contributed by atoms with Crippen LogP contribution in [0.25, 0.3) is 0 Å². The molecule has 0 saturated carbocycles. The molecule has 0 unspecified atom stereocenters. The molecule has 3 N–H and O–H groups in total. The van der Waals surface area contributed by atoms with Crippen molar-refractivity contribution in [2.24, 2.45) is 11.1 Å². The summed E-state index contributed by atoms with van der Waals surface area (Å²) >= 11 is 3.30. The summed E-state index contributed by atoms with van der Waals surface area (Å²) in [6, 6.07) is 3.59. The standard InChI is InChI=1S/C13H21BrN4O/c1-13(2,8-15)9-18(3)7-12(19)17-11-5-4-10(14)6-16-11/h4-6H,7-9,15H2,1-3H3,(H,16,17,19). The van der Waals surface area contributed by atoms with Gasteiger partial charge in [0, 0.05) is 17.2 Å². The van der Waals surface area contributed by atoms with Crippen molar-refractivity contribution in [2.45, 2.75) is 13.8 Å². The highest BCUT2D eigenvalue weighted by atomic mass is 79.9. The van der Waals surface area contributed by atoms with Crippen LogP contribution < -0.4 is 11.1 Å². The number of rotatable bonds is 6. The Morgan fingerprint density at radius 3 is 2.74 bits per heavy atom. The van der Waals surface area contributed by atoms with E-state index in [-0.39, 0.29) is 11.3 Å². The van der Waals surface area contributed by atoms with Gasteiger partial charge in [0.25, 0.3) is 0 Å². The molecule has 0 bridgehead atoms. The van der Waals surface area contributed by atoms with Gasteiger partial charge in [-0.1, -0.05) is 13.8 Å². The van der Waals surface area contributed by atoms with E-state index < -0.39 is 0 Å². The molecule has 0 aliphatic heterocycles. The van der Waals surface area contributed by atoms with Crippen molar-refractivity contribution in [3.8, 4) is 0 Å². The van der Waals surface area contributed by atoms with Gasteiger partial charge in [0.2, 0.25) is 5.91 Å². The summed E-state index contributed by atoms with van der Waals surface area (Å²) < 4.78 is 0.882. The summed E-state index contributed by atoms with van der Waals surface area (Å²) in [5, 5.41) is 2.76. The molecule has 0 fully saturated rings. The molecule has 0 atom stereocenters. The van der Waals surface area contributed by atoms with Gasteiger partial charge in [-0.25, -0.2) is 4.98 Å². The maximum absolute atomic E-state index is 11.8. The van der Waals surface area contributed by atoms with Crippen LogP contribution in [0.5, 0.6) is 0 Å². The molecule has 0 aromatic carbocycles. The molecular formula is C13H21BrN4O. The Kier molecular flexibility index (Phi) is 5.90. The Hall–Kier alpha value is -0.980. The fourth-order valence-electron chi connectivity index (χ4n) is 1.73. The summed E-state index contributed by atoms with van der Waals surface area (Å²) in [6.45, 7) is 5.84. The predicted molar refractivity (Wildman–Crippen MR) is 80.9 cm³/mol. The van der Waals surface area contributed by atoms with Crippen LogP contribution in [0.3, 0.4) is 0 Å². The van der Waals surface area contributed by atoms with E-state index in [2.05, 4.69) is 40.1 Å². The number of nitrogens with two attached hydrogens (primary N) is 1. The highest BCUT2D eigenvalue weighted by Gasteiger charge is 2.19. The normalized spacial score (nSPS) is 11.7. The summed E-state index contributed by atoms with van der Waals surface area (Å²) in [4.78, 5) is 17.9. The largest absolute Gasteiger partial charge is 0.330 e. The Morgan fingerprint density at radius 2 is 2.21 bits per heavy atom. The SMILES string of the molecule is CN(CC(=O)Nc1ccc(Br)cn1)CC(C)(C)CN. The number of carbonyl (C=O) groups is 1. The van der Waals surface area contributed by atoms with Gasteiger partial charge in [-0.15, -0.1) is 0 Å². The number of nitrogens with one attached hydrogen (secondary N) is 1. The summed E-state index contributed by atoms with van der Waals surface area (Å²) in [5.74, 6) is 0.477. The van der Waals surface area contributed by atoms with E-state index >= 15 is 0 Å². The molecule has 0 spiro atoms. The molecule has 106 valence electrons. The predicted octanol–water partition coefficient (Wildman–Crippen LogP) is 1.70. The minimum Gasteiger partial charge on any atom is -0.330 e. The quantitative estimate of drug-likeness (QED) is 0.833. The molecule has 1 amide bonds. The van der Waals surface area contributed by atoms with Crippen LogP contribution in [0, 0.1) is 5.41 Å². The van der Waals surface area contributed by atoms with Gasteiger partial charge in [0.15, 0.2) is 0 Å². The van der Waals surface area contributed by atoms with Gasteiger partial charge in [-0.2, -0.15) is 0 Å². The molecule has 6 heteroatoms. The fraction of sp³-hybridized carbons (Fsp3) is 0.538. The van der Waals surface area contributed by atoms with Gasteiger partial charge in [-0.3, -0.25) is 9.69 Å². The van der Waals surface area contributed by atoms with Crippen molar-refractivity contribution in [1.82, 2.24) is 9.88 Å². The average molecular weight is 329 g/mol. The third-order valence-corrected chi connectivity index (χ3v) is 3.13. The molecule has 5 nitrogen and oxygen atoms in total. The zero-order chi connectivity index (χ0) is 14.5. The van der Waals surface area contributed by atoms with E-state index in [1.165, 1.54) is 0 Å². The van der Waals surface area contributed by atoms with E-state index in [0.717, 1.165) is 11.0 Å². The minimum absolute atomic E-state index is 0.00485. The first kappa shape index (κ1) is 16.1. The van der Waals surface area contributed by atoms with Gasteiger partial charge < -0.3 is 11.1 Å². The lowest BCUT2D eigenvalue weighted by Crippen LogP contribution is -2.40. The van der Waals surface area contributed by atoms with Crippen LogP contribution in [0.15, 0.2) is 22.8 Å². The zero-order valence-corrected chi connectivity index (χ0v) is 13.2. The average Bonchev–Trinajstić information content (AvgIpc) is 2.31. The number of hydrogen-bond acceptors (Lipinski definition) is 4. The molecule has 0 aliphatic rings. The van der Waals surface area contributed by atoms with Crippen LogP contribution in [0.1, 0.15) is 13.8 Å². The summed E-state index contributed by atoms with van der Waals surface area (Å²) in [6.07, 6.45) is 1.65. The second-order valence-corrected chi connectivity index (χ2v) is 6.37. The van der Waals surface area contributed by atoms with Crippen molar-refractivity contribution in [2.75, 3.05) is 32.0 Å². The number of likely N-dealkylation sites (N-methyl/N-ethyl adjacent to an activating group) is 1. The van der Waals surface area contributed by atoms with Gasteiger partial charge in [0.05, 0.1) is 6.54 Å². The molecule has 1 aromatic rings. The highest BCUT2D eigenvalue weighted by molar-refractivity contribution is 9.10. The monoisotopic (exact) mass is 328 g/mol. The van der Waals surface area contributed by atoms with E-state index in [1.807, 2.05) is 18.0 Å². The Labute approximate surface area is 122 Å². The smallest absolute Gasteiger partial charge is 0.239 e. The van der Waals surface area contributed by atoms with Crippen LogP contribution >= 0.6 is 15.9 Å². The zero-order valence-electron chi connectivity index (χ0n) is 11.6. The molecule has 0 saturated heterocycles. The fourth-order valence-corrected chi connectivity index (χ4v) is 1.96. The van der Waals surface area contributed by atoms with E-state index in [1.54, 1.807) is 12.3 Å². The van der Waals surface area contributed by atoms with E-state index in [4.69, 9.17) is 5.73 Å². The maximum Gasteiger partial charge on any atom is 0.239 e. The van der Waals surface area contributed by atoms with Crippen molar-refractivity contribution < 1.29 is 4.79 Å². The first-order valence-electron chi connectivity index (χ1n) is 6.12. The Balaban J connectivity index is 2.45. The molecule has 1 heterocycles. The number of anilines is 1. The summed E-state index contributed by atoms with van der Waals surface area (Å²) in [5.41, 5.74) is 5.69. The van der Waals surface area contributed by atoms with Crippen LogP contribution in [-0.2, 0) is 4.79 Å². The van der Waals surface area contributed by atoms with Crippen molar-refractivity contribution in [3.63, 3.8) is 0 Å². The van der Waals surface area contributed by atoms with Crippen molar-refractivity contribution in [1.29, 1.82) is 0 Å². The molecule has 0 aliphatic carbocycles. The van der Waals surface area contributed by atoms with E-state index in [0.29, 0.717) is 18.9 Å². The molecule has 1 aromatic heterocycles. The maximum atomic E-state index is 11.8. The molecule has 0 radical (unpaired) electrons. The number of pyridine rings is 1. The third kappa shape index (κ3) is 6.13. The molecule has 1 rings (SSSR count). The molecular weight excluding hydrogens is 308 g/mol. The Morgan fingerprint density at radius 1 is 1.53 bits per heavy atom. The van der Waals surface area contributed by atoms with Crippen LogP contribution in [0.2, 0.25) is 0 Å². The first-order chi connectivity index (χ1) is 8.82. The van der Waals surface area contributed by atoms with Gasteiger partial charge in [-0.05, 0) is 47.1 Å². The lowest BCUT2D eigenvalue weighted by molar-refractivity contribution is -0.117. The van der Waals surface area contributed by atoms with Crippen molar-refractivity contribution >= 4 is 27.7 Å². The lowest BCUT2D eigenvalue weighted by Gasteiger charge is -2.28. The second-order valence-electron chi connectivity index (χ2n) is 5.45. The number of aromatic nitrogens is 1. The first-order valence-corrected chi connectivity index (χ1v) is 6.92. The van der Waals surface area contributed by atoms with Gasteiger partial charge in [0.1, 0.15) is 5.82 Å². The lowest BCUT2D eigenvalue weighted by atomic mass is 9.93. The number of halogens is 1.